The van der Waals surface area contributed by atoms with Gasteiger partial charge >= 0.3 is 0 Å². The van der Waals surface area contributed by atoms with Crippen LogP contribution in [-0.2, 0) is 4.79 Å². The van der Waals surface area contributed by atoms with Crippen LogP contribution in [-0.4, -0.2) is 23.0 Å². The Morgan fingerprint density at radius 2 is 2.23 bits per heavy atom. The van der Waals surface area contributed by atoms with E-state index in [-0.39, 0.29) is 18.1 Å². The highest BCUT2D eigenvalue weighted by Gasteiger charge is 2.23. The zero-order valence-electron chi connectivity index (χ0n) is 12.6. The average Bonchev–Trinajstić information content (AvgIpc) is 2.55. The van der Waals surface area contributed by atoms with E-state index in [1.165, 1.54) is 6.20 Å². The monoisotopic (exact) mass is 299 g/mol. The third-order valence-electron chi connectivity index (χ3n) is 3.77. The van der Waals surface area contributed by atoms with E-state index in [4.69, 9.17) is 10.00 Å². The molecule has 0 unspecified atom stereocenters. The molecule has 5 nitrogen and oxygen atoms in total. The Bertz CT molecular complexity index is 540. The fourth-order valence-corrected chi connectivity index (χ4v) is 2.54. The number of nitrogens with one attached hydrogen (secondary N) is 1. The normalized spacial score (nSPS) is 20.7. The Balaban J connectivity index is 1.73. The molecule has 1 heterocycles. The Kier molecular flexibility index (Phi) is 5.96. The maximum absolute atomic E-state index is 11.7. The minimum atomic E-state index is 0.0954. The van der Waals surface area contributed by atoms with Crippen LogP contribution in [0.25, 0.3) is 0 Å². The molecule has 1 aliphatic carbocycles. The van der Waals surface area contributed by atoms with E-state index < -0.39 is 0 Å². The van der Waals surface area contributed by atoms with Gasteiger partial charge in [-0.3, -0.25) is 4.79 Å². The smallest absolute Gasteiger partial charge is 0.220 e. The van der Waals surface area contributed by atoms with Gasteiger partial charge in [0, 0.05) is 24.7 Å². The van der Waals surface area contributed by atoms with Crippen LogP contribution >= 0.6 is 0 Å². The van der Waals surface area contributed by atoms with Gasteiger partial charge in [0.05, 0.1) is 5.56 Å². The predicted molar refractivity (Wildman–Crippen MR) is 83.2 cm³/mol. The van der Waals surface area contributed by atoms with Gasteiger partial charge in [-0.15, -0.1) is 6.58 Å². The number of carbonyl (C=O) groups is 1. The minimum absolute atomic E-state index is 0.0954. The second-order valence-electron chi connectivity index (χ2n) is 5.48. The quantitative estimate of drug-likeness (QED) is 0.820. The van der Waals surface area contributed by atoms with E-state index in [0.29, 0.717) is 24.3 Å². The fraction of sp³-hybridized carbons (Fsp3) is 0.471. The molecule has 0 saturated heterocycles. The fourth-order valence-electron chi connectivity index (χ4n) is 2.54. The van der Waals surface area contributed by atoms with Crippen LogP contribution in [0, 0.1) is 11.3 Å². The van der Waals surface area contributed by atoms with Crippen molar-refractivity contribution in [3.63, 3.8) is 0 Å². The van der Waals surface area contributed by atoms with Crippen molar-refractivity contribution in [2.75, 3.05) is 0 Å². The number of carbonyl (C=O) groups excluding carboxylic acids is 1. The maximum Gasteiger partial charge on any atom is 0.220 e. The first-order valence-electron chi connectivity index (χ1n) is 7.64. The Morgan fingerprint density at radius 3 is 2.82 bits per heavy atom. The number of hydrogen-bond acceptors (Lipinski definition) is 4. The molecule has 0 atom stereocenters. The molecule has 1 aromatic heterocycles. The zero-order chi connectivity index (χ0) is 15.8. The van der Waals surface area contributed by atoms with Gasteiger partial charge in [0.2, 0.25) is 11.8 Å². The van der Waals surface area contributed by atoms with Gasteiger partial charge in [-0.1, -0.05) is 6.08 Å². The molecule has 5 heteroatoms. The van der Waals surface area contributed by atoms with Gasteiger partial charge in [0.15, 0.2) is 0 Å². The van der Waals surface area contributed by atoms with E-state index in [2.05, 4.69) is 16.9 Å². The van der Waals surface area contributed by atoms with Gasteiger partial charge in [-0.05, 0) is 38.2 Å². The molecule has 1 fully saturated rings. The molecule has 1 amide bonds. The van der Waals surface area contributed by atoms with Crippen molar-refractivity contribution in [1.29, 1.82) is 5.26 Å². The summed E-state index contributed by atoms with van der Waals surface area (Å²) in [4.78, 5) is 15.8. The van der Waals surface area contributed by atoms with Crippen molar-refractivity contribution < 1.29 is 9.53 Å². The molecule has 116 valence electrons. The molecule has 0 spiro atoms. The van der Waals surface area contributed by atoms with Crippen molar-refractivity contribution >= 4 is 5.91 Å². The largest absolute Gasteiger partial charge is 0.474 e. The molecule has 2 rings (SSSR count). The van der Waals surface area contributed by atoms with Crippen LogP contribution < -0.4 is 10.1 Å². The lowest BCUT2D eigenvalue weighted by Gasteiger charge is -2.29. The molecule has 0 aliphatic heterocycles. The number of ether oxygens (including phenoxy) is 1. The summed E-state index contributed by atoms with van der Waals surface area (Å²) < 4.78 is 5.83. The molecule has 0 bridgehead atoms. The summed E-state index contributed by atoms with van der Waals surface area (Å²) >= 11 is 0. The Hall–Kier alpha value is -2.35. The topological polar surface area (TPSA) is 75.0 Å². The number of rotatable bonds is 6. The van der Waals surface area contributed by atoms with E-state index in [1.54, 1.807) is 18.2 Å². The van der Waals surface area contributed by atoms with Gasteiger partial charge in [-0.25, -0.2) is 4.98 Å². The van der Waals surface area contributed by atoms with Crippen LogP contribution in [0.15, 0.2) is 31.0 Å². The summed E-state index contributed by atoms with van der Waals surface area (Å²) in [6.07, 6.45) is 8.25. The highest BCUT2D eigenvalue weighted by Crippen LogP contribution is 2.23. The molecular formula is C17H21N3O2. The highest BCUT2D eigenvalue weighted by atomic mass is 16.5. The van der Waals surface area contributed by atoms with Gasteiger partial charge in [-0.2, -0.15) is 5.26 Å². The standard InChI is InChI=1S/C17H21N3O2/c1-2-3-4-16(21)20-14-6-8-15(9-7-14)22-17-10-5-13(11-18)12-19-17/h2,5,10,12,14-15H,1,3-4,6-9H2,(H,20,21). The van der Waals surface area contributed by atoms with Gasteiger partial charge in [0.25, 0.3) is 0 Å². The van der Waals surface area contributed by atoms with E-state index >= 15 is 0 Å². The first kappa shape index (κ1) is 16.0. The summed E-state index contributed by atoms with van der Waals surface area (Å²) in [5, 5.41) is 11.8. The number of nitriles is 1. The van der Waals surface area contributed by atoms with Crippen molar-refractivity contribution in [3.8, 4) is 11.9 Å². The molecular weight excluding hydrogens is 278 g/mol. The molecule has 1 N–H and O–H groups in total. The van der Waals surface area contributed by atoms with Gasteiger partial charge in [0.1, 0.15) is 12.2 Å². The predicted octanol–water partition coefficient (Wildman–Crippen LogP) is 2.73. The third-order valence-corrected chi connectivity index (χ3v) is 3.77. The molecule has 22 heavy (non-hydrogen) atoms. The van der Waals surface area contributed by atoms with Crippen molar-refractivity contribution in [1.82, 2.24) is 10.3 Å². The zero-order valence-corrected chi connectivity index (χ0v) is 12.6. The first-order valence-corrected chi connectivity index (χ1v) is 7.64. The van der Waals surface area contributed by atoms with Crippen LogP contribution in [0.3, 0.4) is 0 Å². The second-order valence-corrected chi connectivity index (χ2v) is 5.48. The Labute approximate surface area is 131 Å². The van der Waals surface area contributed by atoms with Gasteiger partial charge < -0.3 is 10.1 Å². The summed E-state index contributed by atoms with van der Waals surface area (Å²) in [7, 11) is 0. The lowest BCUT2D eigenvalue weighted by atomic mass is 9.93. The van der Waals surface area contributed by atoms with E-state index in [9.17, 15) is 4.79 Å². The van der Waals surface area contributed by atoms with Crippen molar-refractivity contribution in [2.24, 2.45) is 0 Å². The van der Waals surface area contributed by atoms with Crippen molar-refractivity contribution in [2.45, 2.75) is 50.7 Å². The molecule has 1 aliphatic rings. The van der Waals surface area contributed by atoms with Crippen LogP contribution in [0.1, 0.15) is 44.1 Å². The molecule has 1 aromatic rings. The molecule has 0 radical (unpaired) electrons. The average molecular weight is 299 g/mol. The first-order chi connectivity index (χ1) is 10.7. The SMILES string of the molecule is C=CCCC(=O)NC1CCC(Oc2ccc(C#N)cn2)CC1. The molecule has 1 saturated carbocycles. The van der Waals surface area contributed by atoms with E-state index in [0.717, 1.165) is 25.7 Å². The Morgan fingerprint density at radius 1 is 1.45 bits per heavy atom. The molecule has 0 aromatic carbocycles. The summed E-state index contributed by atoms with van der Waals surface area (Å²) in [6.45, 7) is 3.62. The minimum Gasteiger partial charge on any atom is -0.474 e. The number of allylic oxidation sites excluding steroid dienone is 1. The third kappa shape index (κ3) is 4.88. The van der Waals surface area contributed by atoms with Crippen LogP contribution in [0.5, 0.6) is 5.88 Å². The highest BCUT2D eigenvalue weighted by molar-refractivity contribution is 5.76. The summed E-state index contributed by atoms with van der Waals surface area (Å²) in [5.41, 5.74) is 0.526. The number of amides is 1. The number of nitrogens with zero attached hydrogens (tertiary/aromatic N) is 2. The lowest BCUT2D eigenvalue weighted by molar-refractivity contribution is -0.122. The number of hydrogen-bond donors (Lipinski definition) is 1. The number of aromatic nitrogens is 1. The van der Waals surface area contributed by atoms with Crippen LogP contribution in [0.2, 0.25) is 0 Å². The van der Waals surface area contributed by atoms with E-state index in [1.807, 2.05) is 6.07 Å². The lowest BCUT2D eigenvalue weighted by Crippen LogP contribution is -2.39. The maximum atomic E-state index is 11.7. The van der Waals surface area contributed by atoms with Crippen LogP contribution in [0.4, 0.5) is 0 Å². The van der Waals surface area contributed by atoms with Crippen molar-refractivity contribution in [3.05, 3.63) is 36.5 Å². The second kappa shape index (κ2) is 8.18. The number of pyridine rings is 1. The summed E-state index contributed by atoms with van der Waals surface area (Å²) in [5.74, 6) is 0.649. The summed E-state index contributed by atoms with van der Waals surface area (Å²) in [6, 6.07) is 5.70.